The molecule has 2 heterocycles. The predicted octanol–water partition coefficient (Wildman–Crippen LogP) is 4.82. The average Bonchev–Trinajstić information content (AvgIpc) is 2.82. The van der Waals surface area contributed by atoms with Crippen LogP contribution < -0.4 is 5.32 Å². The molecule has 0 saturated heterocycles. The van der Waals surface area contributed by atoms with E-state index < -0.39 is 0 Å². The van der Waals surface area contributed by atoms with Gasteiger partial charge in [-0.15, -0.1) is 0 Å². The van der Waals surface area contributed by atoms with Crippen molar-refractivity contribution in [2.24, 2.45) is 9.98 Å². The van der Waals surface area contributed by atoms with Crippen LogP contribution in [0.3, 0.4) is 0 Å². The number of benzene rings is 2. The molecule has 0 spiro atoms. The third-order valence-corrected chi connectivity index (χ3v) is 3.96. The first kappa shape index (κ1) is 15.5. The molecule has 0 unspecified atom stereocenters. The van der Waals surface area contributed by atoms with E-state index in [4.69, 9.17) is 11.6 Å². The first-order chi connectivity index (χ1) is 12.2. The predicted molar refractivity (Wildman–Crippen MR) is 98.4 cm³/mol. The molecule has 3 aromatic rings. The summed E-state index contributed by atoms with van der Waals surface area (Å²) in [6.45, 7) is 0. The van der Waals surface area contributed by atoms with Crippen molar-refractivity contribution >= 4 is 34.6 Å². The third-order valence-electron chi connectivity index (χ3n) is 3.71. The van der Waals surface area contributed by atoms with Gasteiger partial charge in [0.05, 0.1) is 11.4 Å². The smallest absolute Gasteiger partial charge is 0.162 e. The van der Waals surface area contributed by atoms with Crippen LogP contribution in [0.4, 0.5) is 15.8 Å². The summed E-state index contributed by atoms with van der Waals surface area (Å²) in [6, 6.07) is 15.3. The molecular formula is C19H12ClFN4. The number of anilines is 1. The molecule has 1 N–H and O–H groups in total. The van der Waals surface area contributed by atoms with Crippen LogP contribution in [0.15, 0.2) is 77.0 Å². The van der Waals surface area contributed by atoms with Gasteiger partial charge in [-0.3, -0.25) is 4.98 Å². The Bertz CT molecular complexity index is 982. The van der Waals surface area contributed by atoms with E-state index in [2.05, 4.69) is 20.3 Å². The van der Waals surface area contributed by atoms with Crippen molar-refractivity contribution in [1.29, 1.82) is 0 Å². The van der Waals surface area contributed by atoms with Crippen molar-refractivity contribution in [3.63, 3.8) is 0 Å². The van der Waals surface area contributed by atoms with Gasteiger partial charge >= 0.3 is 0 Å². The monoisotopic (exact) mass is 350 g/mol. The standard InChI is InChI=1S/C19H12ClFN4/c20-14-3-1-12(2-4-14)18-23-16-6-5-15(21)11-17(16)24-19(25-18)13-7-9-22-10-8-13/h1-11H,(H,23,24,25). The molecule has 4 nitrogen and oxygen atoms in total. The topological polar surface area (TPSA) is 49.6 Å². The molecule has 0 atom stereocenters. The number of halogens is 2. The van der Waals surface area contributed by atoms with Gasteiger partial charge < -0.3 is 5.32 Å². The summed E-state index contributed by atoms with van der Waals surface area (Å²) in [5.41, 5.74) is 2.81. The number of aliphatic imine (C=N–C) groups is 2. The van der Waals surface area contributed by atoms with Crippen LogP contribution in [-0.4, -0.2) is 16.7 Å². The van der Waals surface area contributed by atoms with E-state index in [1.54, 1.807) is 30.6 Å². The highest BCUT2D eigenvalue weighted by molar-refractivity contribution is 6.30. The van der Waals surface area contributed by atoms with Gasteiger partial charge in [0.1, 0.15) is 11.7 Å². The summed E-state index contributed by atoms with van der Waals surface area (Å²) in [7, 11) is 0. The van der Waals surface area contributed by atoms with Crippen LogP contribution in [-0.2, 0) is 0 Å². The van der Waals surface area contributed by atoms with Crippen LogP contribution in [0.2, 0.25) is 5.02 Å². The van der Waals surface area contributed by atoms with E-state index in [-0.39, 0.29) is 5.82 Å². The van der Waals surface area contributed by atoms with Gasteiger partial charge in [0, 0.05) is 28.5 Å². The van der Waals surface area contributed by atoms with Gasteiger partial charge in [0.15, 0.2) is 5.84 Å². The van der Waals surface area contributed by atoms with Gasteiger partial charge in [-0.1, -0.05) is 11.6 Å². The van der Waals surface area contributed by atoms with Crippen molar-refractivity contribution in [2.45, 2.75) is 0 Å². The van der Waals surface area contributed by atoms with E-state index in [1.807, 2.05) is 24.3 Å². The van der Waals surface area contributed by atoms with E-state index in [1.165, 1.54) is 12.1 Å². The molecule has 1 aliphatic rings. The highest BCUT2D eigenvalue weighted by Gasteiger charge is 2.16. The zero-order chi connectivity index (χ0) is 17.2. The van der Waals surface area contributed by atoms with Crippen LogP contribution in [0.5, 0.6) is 0 Å². The Labute approximate surface area is 148 Å². The number of fused-ring (bicyclic) bond motifs is 1. The maximum absolute atomic E-state index is 13.7. The number of nitrogens with zero attached hydrogens (tertiary/aromatic N) is 3. The van der Waals surface area contributed by atoms with Gasteiger partial charge in [-0.25, -0.2) is 14.4 Å². The molecule has 0 amide bonds. The van der Waals surface area contributed by atoms with E-state index >= 15 is 0 Å². The minimum atomic E-state index is -0.342. The Morgan fingerprint density at radius 1 is 0.840 bits per heavy atom. The second-order valence-corrected chi connectivity index (χ2v) is 5.86. The van der Waals surface area contributed by atoms with Gasteiger partial charge in [-0.05, 0) is 54.6 Å². The number of hydrogen-bond donors (Lipinski definition) is 1. The summed E-state index contributed by atoms with van der Waals surface area (Å²) in [5, 5.41) is 3.81. The van der Waals surface area contributed by atoms with E-state index in [9.17, 15) is 4.39 Å². The number of nitrogens with one attached hydrogen (secondary N) is 1. The van der Waals surface area contributed by atoms with Crippen LogP contribution in [0, 0.1) is 5.82 Å². The molecule has 1 aromatic heterocycles. The molecule has 0 bridgehead atoms. The lowest BCUT2D eigenvalue weighted by Crippen LogP contribution is -2.15. The van der Waals surface area contributed by atoms with E-state index in [0.29, 0.717) is 28.1 Å². The summed E-state index contributed by atoms with van der Waals surface area (Å²) in [5.74, 6) is 0.743. The third kappa shape index (κ3) is 3.27. The summed E-state index contributed by atoms with van der Waals surface area (Å²) in [6.07, 6.45) is 3.35. The SMILES string of the molecule is Fc1ccc2c(c1)NC(c1ccncc1)=NC(c1ccc(Cl)cc1)=N2. The second-order valence-electron chi connectivity index (χ2n) is 5.43. The average molecular weight is 351 g/mol. The number of amidine groups is 2. The molecule has 4 rings (SSSR count). The quantitative estimate of drug-likeness (QED) is 0.720. The molecule has 0 radical (unpaired) electrons. The fourth-order valence-corrected chi connectivity index (χ4v) is 2.61. The summed E-state index contributed by atoms with van der Waals surface area (Å²) < 4.78 is 13.7. The molecule has 6 heteroatoms. The molecular weight excluding hydrogens is 339 g/mol. The Morgan fingerprint density at radius 3 is 2.36 bits per heavy atom. The number of pyridine rings is 1. The molecule has 0 saturated carbocycles. The fourth-order valence-electron chi connectivity index (χ4n) is 2.48. The Hall–Kier alpha value is -3.05. The molecule has 0 fully saturated rings. The van der Waals surface area contributed by atoms with Crippen molar-refractivity contribution in [3.8, 4) is 0 Å². The largest absolute Gasteiger partial charge is 0.338 e. The molecule has 122 valence electrons. The fraction of sp³-hybridized carbons (Fsp3) is 0. The minimum absolute atomic E-state index is 0.342. The molecule has 1 aliphatic heterocycles. The Kier molecular flexibility index (Phi) is 3.99. The molecule has 2 aromatic carbocycles. The van der Waals surface area contributed by atoms with Crippen molar-refractivity contribution < 1.29 is 4.39 Å². The normalized spacial score (nSPS) is 13.2. The van der Waals surface area contributed by atoms with Crippen LogP contribution in [0.1, 0.15) is 11.1 Å². The van der Waals surface area contributed by atoms with Crippen LogP contribution in [0.25, 0.3) is 0 Å². The van der Waals surface area contributed by atoms with Gasteiger partial charge in [0.25, 0.3) is 0 Å². The number of aromatic nitrogens is 1. The summed E-state index contributed by atoms with van der Waals surface area (Å²) in [4.78, 5) is 13.3. The van der Waals surface area contributed by atoms with Gasteiger partial charge in [0.2, 0.25) is 0 Å². The van der Waals surface area contributed by atoms with E-state index in [0.717, 1.165) is 11.1 Å². The lowest BCUT2D eigenvalue weighted by Gasteiger charge is -2.09. The Morgan fingerprint density at radius 2 is 1.60 bits per heavy atom. The number of rotatable bonds is 2. The van der Waals surface area contributed by atoms with Crippen LogP contribution >= 0.6 is 11.6 Å². The molecule has 25 heavy (non-hydrogen) atoms. The lowest BCUT2D eigenvalue weighted by atomic mass is 10.2. The van der Waals surface area contributed by atoms with Crippen molar-refractivity contribution in [3.05, 3.63) is 89.0 Å². The zero-order valence-electron chi connectivity index (χ0n) is 12.9. The Balaban J connectivity index is 1.89. The van der Waals surface area contributed by atoms with Crippen molar-refractivity contribution in [1.82, 2.24) is 4.98 Å². The first-order valence-electron chi connectivity index (χ1n) is 7.59. The van der Waals surface area contributed by atoms with Gasteiger partial charge in [-0.2, -0.15) is 0 Å². The minimum Gasteiger partial charge on any atom is -0.338 e. The lowest BCUT2D eigenvalue weighted by molar-refractivity contribution is 0.628. The maximum atomic E-state index is 13.7. The first-order valence-corrected chi connectivity index (χ1v) is 7.97. The highest BCUT2D eigenvalue weighted by atomic mass is 35.5. The summed E-state index contributed by atoms with van der Waals surface area (Å²) >= 11 is 5.97. The highest BCUT2D eigenvalue weighted by Crippen LogP contribution is 2.30. The zero-order valence-corrected chi connectivity index (χ0v) is 13.7. The van der Waals surface area contributed by atoms with Crippen molar-refractivity contribution in [2.75, 3.05) is 5.32 Å². The number of hydrogen-bond acceptors (Lipinski definition) is 4. The molecule has 0 aliphatic carbocycles. The maximum Gasteiger partial charge on any atom is 0.162 e. The second kappa shape index (κ2) is 6.45.